The first-order valence-corrected chi connectivity index (χ1v) is 12.2. The molecule has 2 aromatic heterocycles. The number of H-pyrrole nitrogens is 1. The van der Waals surface area contributed by atoms with E-state index >= 15 is 0 Å². The van der Waals surface area contributed by atoms with Gasteiger partial charge in [-0.1, -0.05) is 23.7 Å². The lowest BCUT2D eigenvalue weighted by atomic mass is 10.2. The molecule has 0 bridgehead atoms. The normalized spacial score (nSPS) is 10.7. The Morgan fingerprint density at radius 2 is 1.94 bits per heavy atom. The fourth-order valence-corrected chi connectivity index (χ4v) is 3.82. The van der Waals surface area contributed by atoms with Crippen molar-refractivity contribution >= 4 is 50.7 Å². The number of pyridine rings is 1. The van der Waals surface area contributed by atoms with Crippen LogP contribution in [0, 0.1) is 0 Å². The minimum Gasteiger partial charge on any atom is -0.363 e. The molecule has 3 rings (SSSR count). The largest absolute Gasteiger partial charge is 0.363 e. The molecule has 0 spiro atoms. The fraction of sp³-hybridized carbons (Fsp3) is 0.348. The van der Waals surface area contributed by atoms with Gasteiger partial charge in [0.2, 0.25) is 0 Å². The van der Waals surface area contributed by atoms with Gasteiger partial charge in [0.15, 0.2) is 5.11 Å². The molecule has 6 nitrogen and oxygen atoms in total. The van der Waals surface area contributed by atoms with Crippen molar-refractivity contribution in [1.82, 2.24) is 25.2 Å². The van der Waals surface area contributed by atoms with Gasteiger partial charge in [-0.15, -0.1) is 0 Å². The van der Waals surface area contributed by atoms with Crippen LogP contribution in [0.15, 0.2) is 59.6 Å². The molecule has 2 N–H and O–H groups in total. The van der Waals surface area contributed by atoms with Gasteiger partial charge in [-0.2, -0.15) is 0 Å². The molecule has 0 saturated carbocycles. The second-order valence-corrected chi connectivity index (χ2v) is 9.31. The first-order chi connectivity index (χ1) is 15.5. The third-order valence-electron chi connectivity index (χ3n) is 5.04. The van der Waals surface area contributed by atoms with Crippen molar-refractivity contribution in [2.75, 3.05) is 31.6 Å². The fourth-order valence-electron chi connectivity index (χ4n) is 3.27. The molecule has 1 aromatic carbocycles. The summed E-state index contributed by atoms with van der Waals surface area (Å²) in [7, 11) is 2.03. The Kier molecular flexibility index (Phi) is 9.77. The number of aromatic nitrogens is 3. The molecule has 2 heterocycles. The van der Waals surface area contributed by atoms with E-state index in [2.05, 4.69) is 58.1 Å². The summed E-state index contributed by atoms with van der Waals surface area (Å²) in [4.78, 5) is 16.1. The molecule has 0 atom stereocenters. The maximum Gasteiger partial charge on any atom is 0.168 e. The maximum atomic E-state index is 6.04. The van der Waals surface area contributed by atoms with Crippen molar-refractivity contribution < 1.29 is 0 Å². The van der Waals surface area contributed by atoms with Crippen LogP contribution in [0.1, 0.15) is 24.1 Å². The molecule has 0 fully saturated rings. The molecule has 32 heavy (non-hydrogen) atoms. The molecule has 0 aliphatic heterocycles. The Balaban J connectivity index is 1.47. The summed E-state index contributed by atoms with van der Waals surface area (Å²) in [6.07, 6.45) is 8.32. The van der Waals surface area contributed by atoms with E-state index in [9.17, 15) is 0 Å². The van der Waals surface area contributed by atoms with Gasteiger partial charge in [-0.3, -0.25) is 0 Å². The number of hydrogen-bond donors (Lipinski definition) is 2. The number of anilines is 1. The summed E-state index contributed by atoms with van der Waals surface area (Å²) in [5, 5.41) is 4.87. The third-order valence-corrected chi connectivity index (χ3v) is 6.22. The Labute approximate surface area is 208 Å². The highest BCUT2D eigenvalue weighted by molar-refractivity contribution is 9.10. The van der Waals surface area contributed by atoms with E-state index in [0.29, 0.717) is 0 Å². The molecular weight excluding hydrogens is 508 g/mol. The molecule has 3 aromatic rings. The number of rotatable bonds is 11. The number of imidazole rings is 1. The van der Waals surface area contributed by atoms with Crippen LogP contribution in [0.3, 0.4) is 0 Å². The number of benzene rings is 1. The molecule has 0 amide bonds. The van der Waals surface area contributed by atoms with Crippen molar-refractivity contribution in [2.24, 2.45) is 0 Å². The van der Waals surface area contributed by atoms with Crippen molar-refractivity contribution in [3.8, 4) is 0 Å². The summed E-state index contributed by atoms with van der Waals surface area (Å²) >= 11 is 15.1. The van der Waals surface area contributed by atoms with Crippen LogP contribution < -0.4 is 10.2 Å². The van der Waals surface area contributed by atoms with E-state index in [1.807, 2.05) is 43.7 Å². The smallest absolute Gasteiger partial charge is 0.168 e. The monoisotopic (exact) mass is 534 g/mol. The van der Waals surface area contributed by atoms with Gasteiger partial charge in [0.25, 0.3) is 0 Å². The second-order valence-electron chi connectivity index (χ2n) is 7.57. The van der Waals surface area contributed by atoms with Crippen molar-refractivity contribution in [2.45, 2.75) is 25.8 Å². The predicted molar refractivity (Wildman–Crippen MR) is 139 cm³/mol. The molecule has 170 valence electrons. The summed E-state index contributed by atoms with van der Waals surface area (Å²) in [5.74, 6) is 0.949. The highest BCUT2D eigenvalue weighted by atomic mass is 79.9. The van der Waals surface area contributed by atoms with E-state index in [4.69, 9.17) is 23.8 Å². The van der Waals surface area contributed by atoms with Gasteiger partial charge < -0.3 is 20.1 Å². The van der Waals surface area contributed by atoms with Gasteiger partial charge >= 0.3 is 0 Å². The number of aromatic amines is 1. The zero-order valence-corrected chi connectivity index (χ0v) is 21.3. The lowest BCUT2D eigenvalue weighted by Gasteiger charge is -2.26. The van der Waals surface area contributed by atoms with Gasteiger partial charge in [0.1, 0.15) is 5.82 Å². The van der Waals surface area contributed by atoms with E-state index in [1.165, 1.54) is 5.56 Å². The number of aryl methyl sites for hydroxylation is 1. The van der Waals surface area contributed by atoms with Crippen LogP contribution in [0.4, 0.5) is 5.82 Å². The number of thiocarbonyl (C=S) groups is 1. The van der Waals surface area contributed by atoms with Crippen molar-refractivity contribution in [1.29, 1.82) is 0 Å². The Morgan fingerprint density at radius 1 is 1.12 bits per heavy atom. The summed E-state index contributed by atoms with van der Waals surface area (Å²) in [6, 6.07) is 12.0. The Hall–Kier alpha value is -2.16. The topological polar surface area (TPSA) is 60.1 Å². The predicted octanol–water partition coefficient (Wildman–Crippen LogP) is 5.06. The SMILES string of the molecule is CN(CCCN(Cc1ccc(Cl)cc1)c1ccc(Br)cn1)C(=S)NCCCc1cnc[nH]1. The van der Waals surface area contributed by atoms with Crippen LogP contribution in [-0.2, 0) is 13.0 Å². The molecule has 0 aliphatic rings. The number of nitrogens with zero attached hydrogens (tertiary/aromatic N) is 4. The maximum absolute atomic E-state index is 6.04. The number of halogens is 2. The van der Waals surface area contributed by atoms with Crippen LogP contribution in [0.2, 0.25) is 5.02 Å². The highest BCUT2D eigenvalue weighted by Crippen LogP contribution is 2.19. The van der Waals surface area contributed by atoms with Gasteiger partial charge in [-0.25, -0.2) is 9.97 Å². The first-order valence-electron chi connectivity index (χ1n) is 10.6. The first kappa shape index (κ1) is 24.5. The second kappa shape index (κ2) is 12.8. The quantitative estimate of drug-likeness (QED) is 0.264. The zero-order valence-electron chi connectivity index (χ0n) is 18.1. The van der Waals surface area contributed by atoms with E-state index < -0.39 is 0 Å². The van der Waals surface area contributed by atoms with Crippen LogP contribution >= 0.6 is 39.7 Å². The Bertz CT molecular complexity index is 950. The van der Waals surface area contributed by atoms with Gasteiger partial charge in [-0.05, 0) is 77.2 Å². The Morgan fingerprint density at radius 3 is 2.62 bits per heavy atom. The lowest BCUT2D eigenvalue weighted by Crippen LogP contribution is -2.39. The van der Waals surface area contributed by atoms with Crippen LogP contribution in [0.25, 0.3) is 0 Å². The van der Waals surface area contributed by atoms with Gasteiger partial charge in [0.05, 0.1) is 6.33 Å². The number of hydrogen-bond acceptors (Lipinski definition) is 4. The molecule has 0 radical (unpaired) electrons. The zero-order chi connectivity index (χ0) is 22.8. The number of nitrogens with one attached hydrogen (secondary N) is 2. The highest BCUT2D eigenvalue weighted by Gasteiger charge is 2.11. The average molecular weight is 536 g/mol. The van der Waals surface area contributed by atoms with E-state index in [0.717, 1.165) is 71.6 Å². The molecule has 0 unspecified atom stereocenters. The van der Waals surface area contributed by atoms with Crippen LogP contribution in [-0.4, -0.2) is 51.6 Å². The standard InChI is InChI=1S/C23H28BrClN6S/c1-30(23(32)27-11-2-4-21-15-26-17-29-21)12-3-13-31(22-10-7-19(24)14-28-22)16-18-5-8-20(25)9-6-18/h5-10,14-15,17H,2-4,11-13,16H2,1H3,(H,26,29)(H,27,32). The van der Waals surface area contributed by atoms with Crippen molar-refractivity contribution in [3.63, 3.8) is 0 Å². The molecule has 9 heteroatoms. The van der Waals surface area contributed by atoms with Gasteiger partial charge in [0, 0.05) is 60.8 Å². The minimum absolute atomic E-state index is 0.745. The lowest BCUT2D eigenvalue weighted by molar-refractivity contribution is 0.475. The van der Waals surface area contributed by atoms with Crippen molar-refractivity contribution in [3.05, 3.63) is 75.9 Å². The van der Waals surface area contributed by atoms with Crippen LogP contribution in [0.5, 0.6) is 0 Å². The summed E-state index contributed by atoms with van der Waals surface area (Å²) < 4.78 is 0.969. The average Bonchev–Trinajstić information content (AvgIpc) is 3.31. The van der Waals surface area contributed by atoms with E-state index in [1.54, 1.807) is 6.33 Å². The molecule has 0 saturated heterocycles. The summed E-state index contributed by atoms with van der Waals surface area (Å²) in [6.45, 7) is 3.34. The van der Waals surface area contributed by atoms with E-state index in [-0.39, 0.29) is 0 Å². The molecular formula is C23H28BrClN6S. The molecule has 0 aliphatic carbocycles. The third kappa shape index (κ3) is 8.07. The summed E-state index contributed by atoms with van der Waals surface area (Å²) in [5.41, 5.74) is 2.34. The minimum atomic E-state index is 0.745.